The number of hydrogen-bond donors (Lipinski definition) is 1. The fraction of sp³-hybridized carbons (Fsp3) is 0.167. The molecule has 0 aliphatic heterocycles. The van der Waals surface area contributed by atoms with E-state index < -0.39 is 24.0 Å². The lowest BCUT2D eigenvalue weighted by molar-refractivity contribution is -0.118. The van der Waals surface area contributed by atoms with Crippen molar-refractivity contribution in [1.82, 2.24) is 0 Å². The molecule has 0 aliphatic carbocycles. The fourth-order valence-electron chi connectivity index (χ4n) is 2.96. The number of aryl methyl sites for hydroxylation is 1. The lowest BCUT2D eigenvalue weighted by Gasteiger charge is -2.09. The Labute approximate surface area is 183 Å². The number of nitrogens with zero attached hydrogens (tertiary/aromatic N) is 1. The van der Waals surface area contributed by atoms with Crippen LogP contribution in [0.1, 0.15) is 28.4 Å². The summed E-state index contributed by atoms with van der Waals surface area (Å²) in [5.74, 6) is -0.824. The molecule has 0 radical (unpaired) electrons. The van der Waals surface area contributed by atoms with Crippen LogP contribution in [-0.4, -0.2) is 18.4 Å². The number of hydrogen-bond acceptors (Lipinski definition) is 8. The van der Waals surface area contributed by atoms with Crippen molar-refractivity contribution in [1.29, 1.82) is 5.26 Å². The Bertz CT molecular complexity index is 1310. The van der Waals surface area contributed by atoms with Gasteiger partial charge in [-0.3, -0.25) is 4.79 Å². The largest absolute Gasteiger partial charge is 0.489 e. The fourth-order valence-corrected chi connectivity index (χ4v) is 2.96. The summed E-state index contributed by atoms with van der Waals surface area (Å²) in [5.41, 5.74) is 7.18. The van der Waals surface area contributed by atoms with E-state index in [1.807, 2.05) is 13.0 Å². The molecule has 3 aromatic rings. The Balaban J connectivity index is 1.60. The molecule has 0 fully saturated rings. The highest BCUT2D eigenvalue weighted by molar-refractivity contribution is 6.02. The first-order valence-corrected chi connectivity index (χ1v) is 9.61. The van der Waals surface area contributed by atoms with Gasteiger partial charge in [0.1, 0.15) is 29.6 Å². The van der Waals surface area contributed by atoms with Gasteiger partial charge in [0, 0.05) is 23.2 Å². The summed E-state index contributed by atoms with van der Waals surface area (Å²) in [7, 11) is 0. The summed E-state index contributed by atoms with van der Waals surface area (Å²) in [4.78, 5) is 35.6. The van der Waals surface area contributed by atoms with Crippen molar-refractivity contribution < 1.29 is 23.5 Å². The third kappa shape index (κ3) is 5.21. The number of nitrogens with two attached hydrogens (primary N) is 1. The molecule has 0 bridgehead atoms. The zero-order chi connectivity index (χ0) is 23.3. The maximum Gasteiger partial charge on any atom is 0.338 e. The lowest BCUT2D eigenvalue weighted by Crippen LogP contribution is -2.17. The molecule has 0 spiro atoms. The van der Waals surface area contributed by atoms with Gasteiger partial charge in [-0.25, -0.2) is 9.59 Å². The number of carbonyl (C=O) groups excluding carboxylic acids is 2. The lowest BCUT2D eigenvalue weighted by atomic mass is 10.1. The van der Waals surface area contributed by atoms with Crippen LogP contribution in [0.3, 0.4) is 0 Å². The van der Waals surface area contributed by atoms with Crippen LogP contribution in [0.15, 0.2) is 69.0 Å². The SMILES string of the molecule is CC(N)=C(C#N)C(=O)COC(=O)c1ccc(COc2ccc3c(C)cc(=O)oc3c2)cc1. The zero-order valence-corrected chi connectivity index (χ0v) is 17.5. The van der Waals surface area contributed by atoms with Crippen molar-refractivity contribution in [2.45, 2.75) is 20.5 Å². The highest BCUT2D eigenvalue weighted by Crippen LogP contribution is 2.23. The first-order valence-electron chi connectivity index (χ1n) is 9.61. The van der Waals surface area contributed by atoms with E-state index in [2.05, 4.69) is 0 Å². The zero-order valence-electron chi connectivity index (χ0n) is 17.5. The molecule has 0 saturated carbocycles. The van der Waals surface area contributed by atoms with Gasteiger partial charge in [0.05, 0.1) is 5.56 Å². The Kier molecular flexibility index (Phi) is 6.71. The second kappa shape index (κ2) is 9.62. The second-order valence-corrected chi connectivity index (χ2v) is 7.06. The number of ether oxygens (including phenoxy) is 2. The van der Waals surface area contributed by atoms with Crippen LogP contribution in [0.4, 0.5) is 0 Å². The van der Waals surface area contributed by atoms with Gasteiger partial charge in [0.25, 0.3) is 0 Å². The van der Waals surface area contributed by atoms with E-state index in [1.54, 1.807) is 42.5 Å². The number of Topliss-reactive ketones (excluding diaryl/α,β-unsaturated/α-hetero) is 1. The minimum Gasteiger partial charge on any atom is -0.489 e. The molecular formula is C24H20N2O6. The average Bonchev–Trinajstić information content (AvgIpc) is 2.76. The van der Waals surface area contributed by atoms with Crippen LogP contribution in [0.25, 0.3) is 11.0 Å². The highest BCUT2D eigenvalue weighted by atomic mass is 16.5. The minimum atomic E-state index is -0.697. The summed E-state index contributed by atoms with van der Waals surface area (Å²) in [6.45, 7) is 2.91. The van der Waals surface area contributed by atoms with Crippen LogP contribution in [0.2, 0.25) is 0 Å². The van der Waals surface area contributed by atoms with Crippen LogP contribution in [0, 0.1) is 18.3 Å². The maximum absolute atomic E-state index is 12.1. The first-order chi connectivity index (χ1) is 15.3. The molecule has 0 saturated heterocycles. The molecule has 3 rings (SSSR count). The molecule has 8 nitrogen and oxygen atoms in total. The van der Waals surface area contributed by atoms with Gasteiger partial charge >= 0.3 is 11.6 Å². The van der Waals surface area contributed by atoms with Gasteiger partial charge in [-0.05, 0) is 49.2 Å². The Morgan fingerprint density at radius 2 is 1.84 bits per heavy atom. The molecule has 32 heavy (non-hydrogen) atoms. The van der Waals surface area contributed by atoms with Crippen LogP contribution >= 0.6 is 0 Å². The van der Waals surface area contributed by atoms with E-state index in [0.717, 1.165) is 16.5 Å². The van der Waals surface area contributed by atoms with E-state index in [4.69, 9.17) is 24.9 Å². The normalized spacial score (nSPS) is 11.4. The topological polar surface area (TPSA) is 133 Å². The molecule has 8 heteroatoms. The molecule has 2 aromatic carbocycles. The first kappa shape index (κ1) is 22.3. The summed E-state index contributed by atoms with van der Waals surface area (Å²) in [6.07, 6.45) is 0. The number of fused-ring (bicyclic) bond motifs is 1. The monoisotopic (exact) mass is 432 g/mol. The van der Waals surface area contributed by atoms with Crippen molar-refractivity contribution in [3.05, 3.63) is 86.9 Å². The molecule has 162 valence electrons. The van der Waals surface area contributed by atoms with E-state index in [1.165, 1.54) is 13.0 Å². The van der Waals surface area contributed by atoms with E-state index in [0.29, 0.717) is 11.3 Å². The third-order valence-electron chi connectivity index (χ3n) is 4.64. The predicted molar refractivity (Wildman–Crippen MR) is 116 cm³/mol. The Hall–Kier alpha value is -4.38. The van der Waals surface area contributed by atoms with Gasteiger partial charge in [-0.1, -0.05) is 12.1 Å². The van der Waals surface area contributed by atoms with Gasteiger partial charge < -0.3 is 19.6 Å². The van der Waals surface area contributed by atoms with Gasteiger partial charge in [-0.15, -0.1) is 0 Å². The Morgan fingerprint density at radius 1 is 1.12 bits per heavy atom. The molecule has 0 unspecified atom stereocenters. The third-order valence-corrected chi connectivity index (χ3v) is 4.64. The van der Waals surface area contributed by atoms with Crippen molar-refractivity contribution >= 4 is 22.7 Å². The van der Waals surface area contributed by atoms with E-state index >= 15 is 0 Å². The standard InChI is InChI=1S/C24H20N2O6/c1-14-9-23(28)32-22-10-18(7-8-19(14)22)30-12-16-3-5-17(6-4-16)24(29)31-13-21(27)20(11-25)15(2)26/h3-10H,12-13,26H2,1-2H3. The average molecular weight is 432 g/mol. The van der Waals surface area contributed by atoms with Crippen LogP contribution < -0.4 is 16.1 Å². The minimum absolute atomic E-state index is 0.0709. The maximum atomic E-state index is 12.1. The van der Waals surface area contributed by atoms with Gasteiger partial charge in [-0.2, -0.15) is 5.26 Å². The number of rotatable bonds is 7. The Morgan fingerprint density at radius 3 is 2.50 bits per heavy atom. The van der Waals surface area contributed by atoms with E-state index in [-0.39, 0.29) is 23.4 Å². The van der Waals surface area contributed by atoms with Crippen LogP contribution in [-0.2, 0) is 16.1 Å². The molecule has 1 aromatic heterocycles. The summed E-state index contributed by atoms with van der Waals surface area (Å²) in [5, 5.41) is 9.74. The molecule has 0 amide bonds. The second-order valence-electron chi connectivity index (χ2n) is 7.06. The quantitative estimate of drug-likeness (QED) is 0.261. The van der Waals surface area contributed by atoms with Gasteiger partial charge in [0.2, 0.25) is 5.78 Å². The molecule has 2 N–H and O–H groups in total. The summed E-state index contributed by atoms with van der Waals surface area (Å²) in [6, 6.07) is 14.9. The van der Waals surface area contributed by atoms with Gasteiger partial charge in [0.15, 0.2) is 6.61 Å². The molecule has 0 atom stereocenters. The molecule has 0 aliphatic rings. The number of allylic oxidation sites excluding steroid dienone is 1. The molecule has 1 heterocycles. The highest BCUT2D eigenvalue weighted by Gasteiger charge is 2.15. The van der Waals surface area contributed by atoms with Crippen molar-refractivity contribution in [2.75, 3.05) is 6.61 Å². The smallest absolute Gasteiger partial charge is 0.338 e. The number of esters is 1. The van der Waals surface area contributed by atoms with Crippen molar-refractivity contribution in [3.63, 3.8) is 0 Å². The number of benzene rings is 2. The summed E-state index contributed by atoms with van der Waals surface area (Å²) < 4.78 is 15.9. The number of ketones is 1. The molecular weight excluding hydrogens is 412 g/mol. The number of carbonyl (C=O) groups is 2. The summed E-state index contributed by atoms with van der Waals surface area (Å²) >= 11 is 0. The van der Waals surface area contributed by atoms with Crippen molar-refractivity contribution in [3.8, 4) is 11.8 Å². The predicted octanol–water partition coefficient (Wildman–Crippen LogP) is 3.16. The van der Waals surface area contributed by atoms with Crippen molar-refractivity contribution in [2.24, 2.45) is 5.73 Å². The number of nitriles is 1. The van der Waals surface area contributed by atoms with Crippen LogP contribution in [0.5, 0.6) is 5.75 Å². The van der Waals surface area contributed by atoms with E-state index in [9.17, 15) is 14.4 Å².